The molecule has 9 nitrogen and oxygen atoms in total. The fourth-order valence-corrected chi connectivity index (χ4v) is 2.87. The predicted octanol–water partition coefficient (Wildman–Crippen LogP) is 1.71. The Labute approximate surface area is 192 Å². The second kappa shape index (κ2) is 13.5. The van der Waals surface area contributed by atoms with Crippen molar-refractivity contribution in [2.24, 2.45) is 0 Å². The van der Waals surface area contributed by atoms with Crippen LogP contribution >= 0.6 is 0 Å². The number of rotatable bonds is 11. The molecule has 0 spiro atoms. The van der Waals surface area contributed by atoms with Gasteiger partial charge in [0.2, 0.25) is 11.8 Å². The Morgan fingerprint density at radius 1 is 0.818 bits per heavy atom. The van der Waals surface area contributed by atoms with Crippen molar-refractivity contribution in [1.82, 2.24) is 16.0 Å². The number of esters is 1. The van der Waals surface area contributed by atoms with Gasteiger partial charge >= 0.3 is 12.1 Å². The monoisotopic (exact) mass is 455 g/mol. The molecule has 0 aliphatic carbocycles. The van der Waals surface area contributed by atoms with Gasteiger partial charge in [0.25, 0.3) is 0 Å². The number of benzene rings is 2. The number of nitrogens with one attached hydrogen (secondary N) is 3. The first-order chi connectivity index (χ1) is 15.9. The van der Waals surface area contributed by atoms with Crippen LogP contribution in [0.15, 0.2) is 60.7 Å². The molecule has 9 heteroatoms. The van der Waals surface area contributed by atoms with Crippen LogP contribution in [-0.2, 0) is 36.9 Å². The summed E-state index contributed by atoms with van der Waals surface area (Å²) in [5.41, 5.74) is 1.63. The lowest BCUT2D eigenvalue weighted by molar-refractivity contribution is -0.143. The molecule has 33 heavy (non-hydrogen) atoms. The molecule has 0 heterocycles. The fourth-order valence-electron chi connectivity index (χ4n) is 2.87. The van der Waals surface area contributed by atoms with Crippen LogP contribution in [0.4, 0.5) is 4.79 Å². The molecule has 0 saturated carbocycles. The highest BCUT2D eigenvalue weighted by molar-refractivity contribution is 5.92. The van der Waals surface area contributed by atoms with Crippen LogP contribution in [0.2, 0.25) is 0 Å². The minimum absolute atomic E-state index is 0.0546. The van der Waals surface area contributed by atoms with Gasteiger partial charge in [0.1, 0.15) is 25.2 Å². The van der Waals surface area contributed by atoms with Gasteiger partial charge in [0, 0.05) is 6.42 Å². The lowest BCUT2D eigenvalue weighted by Gasteiger charge is -2.21. The number of carbonyl (C=O) groups excluding carboxylic acids is 4. The van der Waals surface area contributed by atoms with Crippen molar-refractivity contribution in [1.29, 1.82) is 0 Å². The van der Waals surface area contributed by atoms with Gasteiger partial charge in [-0.3, -0.25) is 14.4 Å². The Kier molecular flexibility index (Phi) is 10.4. The van der Waals surface area contributed by atoms with E-state index in [0.29, 0.717) is 0 Å². The van der Waals surface area contributed by atoms with E-state index < -0.39 is 36.0 Å². The van der Waals surface area contributed by atoms with Crippen molar-refractivity contribution in [2.75, 3.05) is 13.2 Å². The third-order valence-corrected chi connectivity index (χ3v) is 4.57. The van der Waals surface area contributed by atoms with E-state index in [1.54, 1.807) is 6.92 Å². The summed E-state index contributed by atoms with van der Waals surface area (Å²) in [7, 11) is 0. The van der Waals surface area contributed by atoms with Crippen LogP contribution in [0.3, 0.4) is 0 Å². The summed E-state index contributed by atoms with van der Waals surface area (Å²) in [6, 6.07) is 16.4. The van der Waals surface area contributed by atoms with E-state index in [-0.39, 0.29) is 26.2 Å². The van der Waals surface area contributed by atoms with Gasteiger partial charge in [0.05, 0.1) is 6.61 Å². The number of amides is 3. The van der Waals surface area contributed by atoms with Crippen molar-refractivity contribution >= 4 is 23.9 Å². The van der Waals surface area contributed by atoms with E-state index in [9.17, 15) is 19.2 Å². The highest BCUT2D eigenvalue weighted by Gasteiger charge is 2.25. The summed E-state index contributed by atoms with van der Waals surface area (Å²) in [6.45, 7) is 3.09. The highest BCUT2D eigenvalue weighted by Crippen LogP contribution is 2.06. The van der Waals surface area contributed by atoms with Gasteiger partial charge in [-0.05, 0) is 25.0 Å². The van der Waals surface area contributed by atoms with Gasteiger partial charge < -0.3 is 25.4 Å². The molecule has 2 aromatic rings. The number of hydrogen-bond donors (Lipinski definition) is 3. The van der Waals surface area contributed by atoms with Crippen molar-refractivity contribution in [3.8, 4) is 0 Å². The molecule has 0 unspecified atom stereocenters. The minimum atomic E-state index is -0.976. The lowest BCUT2D eigenvalue weighted by Crippen LogP contribution is -2.53. The molecule has 176 valence electrons. The van der Waals surface area contributed by atoms with E-state index in [2.05, 4.69) is 16.0 Å². The van der Waals surface area contributed by atoms with Gasteiger partial charge in [-0.25, -0.2) is 4.79 Å². The summed E-state index contributed by atoms with van der Waals surface area (Å²) in [6.07, 6.45) is -0.557. The van der Waals surface area contributed by atoms with Crippen molar-refractivity contribution in [3.05, 3.63) is 71.8 Å². The first kappa shape index (κ1) is 25.4. The molecule has 2 atom stereocenters. The topological polar surface area (TPSA) is 123 Å². The minimum Gasteiger partial charge on any atom is -0.465 e. The predicted molar refractivity (Wildman–Crippen MR) is 121 cm³/mol. The Morgan fingerprint density at radius 2 is 1.42 bits per heavy atom. The number of ether oxygens (including phenoxy) is 2. The van der Waals surface area contributed by atoms with Gasteiger partial charge in [-0.15, -0.1) is 0 Å². The highest BCUT2D eigenvalue weighted by atomic mass is 16.5. The quantitative estimate of drug-likeness (QED) is 0.444. The molecule has 0 bridgehead atoms. The molecule has 3 amide bonds. The van der Waals surface area contributed by atoms with Gasteiger partial charge in [-0.1, -0.05) is 60.7 Å². The molecular formula is C24H29N3O6. The van der Waals surface area contributed by atoms with Crippen molar-refractivity contribution < 1.29 is 28.7 Å². The summed E-state index contributed by atoms with van der Waals surface area (Å²) < 4.78 is 9.98. The Bertz CT molecular complexity index is 920. The molecule has 0 radical (unpaired) electrons. The number of carbonyl (C=O) groups is 4. The van der Waals surface area contributed by atoms with E-state index in [0.717, 1.165) is 11.1 Å². The SMILES string of the molecule is CCOC(=O)CNC(=O)[C@H](C)NC(=O)[C@H](Cc1ccccc1)NC(=O)OCc1ccccc1. The maximum Gasteiger partial charge on any atom is 0.408 e. The zero-order chi connectivity index (χ0) is 24.1. The molecule has 3 N–H and O–H groups in total. The molecule has 0 fully saturated rings. The summed E-state index contributed by atoms with van der Waals surface area (Å²) in [5, 5.41) is 7.53. The third kappa shape index (κ3) is 9.42. The second-order valence-electron chi connectivity index (χ2n) is 7.20. The van der Waals surface area contributed by atoms with E-state index in [1.807, 2.05) is 60.7 Å². The molecule has 0 saturated heterocycles. The van der Waals surface area contributed by atoms with Gasteiger partial charge in [0.15, 0.2) is 0 Å². The summed E-state index contributed by atoms with van der Waals surface area (Å²) in [4.78, 5) is 48.8. The Morgan fingerprint density at radius 3 is 2.03 bits per heavy atom. The van der Waals surface area contributed by atoms with E-state index in [4.69, 9.17) is 9.47 Å². The lowest BCUT2D eigenvalue weighted by atomic mass is 10.1. The number of hydrogen-bond acceptors (Lipinski definition) is 6. The average Bonchev–Trinajstić information content (AvgIpc) is 2.82. The first-order valence-electron chi connectivity index (χ1n) is 10.6. The molecule has 0 aliphatic heterocycles. The molecule has 0 aliphatic rings. The van der Waals surface area contributed by atoms with Crippen molar-refractivity contribution in [2.45, 2.75) is 39.0 Å². The van der Waals surface area contributed by atoms with E-state index in [1.165, 1.54) is 6.92 Å². The smallest absolute Gasteiger partial charge is 0.408 e. The van der Waals surface area contributed by atoms with Crippen LogP contribution in [-0.4, -0.2) is 49.1 Å². The second-order valence-corrected chi connectivity index (χ2v) is 7.20. The third-order valence-electron chi connectivity index (χ3n) is 4.57. The van der Waals surface area contributed by atoms with Crippen LogP contribution in [0.25, 0.3) is 0 Å². The van der Waals surface area contributed by atoms with Gasteiger partial charge in [-0.2, -0.15) is 0 Å². The summed E-state index contributed by atoms with van der Waals surface area (Å²) >= 11 is 0. The first-order valence-corrected chi connectivity index (χ1v) is 10.6. The van der Waals surface area contributed by atoms with Crippen LogP contribution in [0.5, 0.6) is 0 Å². The Hall–Kier alpha value is -3.88. The summed E-state index contributed by atoms with van der Waals surface area (Å²) in [5.74, 6) is -1.69. The standard InChI is InChI=1S/C24H29N3O6/c1-3-32-21(28)15-25-22(29)17(2)26-23(30)20(14-18-10-6-4-7-11-18)27-24(31)33-16-19-12-8-5-9-13-19/h4-13,17,20H,3,14-16H2,1-2H3,(H,25,29)(H,26,30)(H,27,31)/t17-,20-/m0/s1. The van der Waals surface area contributed by atoms with Crippen LogP contribution in [0, 0.1) is 0 Å². The van der Waals surface area contributed by atoms with Crippen LogP contribution < -0.4 is 16.0 Å². The largest absolute Gasteiger partial charge is 0.465 e. The fraction of sp³-hybridized carbons (Fsp3) is 0.333. The zero-order valence-electron chi connectivity index (χ0n) is 18.7. The normalized spacial score (nSPS) is 12.1. The molecule has 0 aromatic heterocycles. The van der Waals surface area contributed by atoms with Crippen molar-refractivity contribution in [3.63, 3.8) is 0 Å². The molecule has 2 rings (SSSR count). The van der Waals surface area contributed by atoms with Crippen LogP contribution in [0.1, 0.15) is 25.0 Å². The average molecular weight is 456 g/mol. The zero-order valence-corrected chi connectivity index (χ0v) is 18.7. The molecule has 2 aromatic carbocycles. The molecular weight excluding hydrogens is 426 g/mol. The number of alkyl carbamates (subject to hydrolysis) is 1. The Balaban J connectivity index is 1.96. The van der Waals surface area contributed by atoms with E-state index >= 15 is 0 Å². The maximum atomic E-state index is 12.9. The maximum absolute atomic E-state index is 12.9.